The van der Waals surface area contributed by atoms with E-state index in [2.05, 4.69) is 9.97 Å². The van der Waals surface area contributed by atoms with Crippen molar-refractivity contribution in [2.24, 2.45) is 0 Å². The summed E-state index contributed by atoms with van der Waals surface area (Å²) in [6.45, 7) is 0. The first kappa shape index (κ1) is 11.8. The van der Waals surface area contributed by atoms with Gasteiger partial charge in [0.05, 0.1) is 6.20 Å². The number of nitrogens with zero attached hydrogens (tertiary/aromatic N) is 2. The quantitative estimate of drug-likeness (QED) is 0.599. The molecule has 1 aromatic carbocycles. The molecule has 86 valence electrons. The van der Waals surface area contributed by atoms with Crippen LogP contribution in [0.5, 0.6) is 0 Å². The molecule has 3 nitrogen and oxygen atoms in total. The van der Waals surface area contributed by atoms with E-state index in [1.807, 2.05) is 30.3 Å². The molecule has 0 atom stereocenters. The average molecular weight is 244 g/mol. The van der Waals surface area contributed by atoms with Gasteiger partial charge in [0.25, 0.3) is 0 Å². The van der Waals surface area contributed by atoms with Crippen molar-refractivity contribution in [3.8, 4) is 0 Å². The lowest BCUT2D eigenvalue weighted by molar-refractivity contribution is 0.0989. The van der Waals surface area contributed by atoms with Gasteiger partial charge in [-0.2, -0.15) is 0 Å². The van der Waals surface area contributed by atoms with Gasteiger partial charge in [0.15, 0.2) is 5.78 Å². The summed E-state index contributed by atoms with van der Waals surface area (Å²) in [4.78, 5) is 19.9. The highest BCUT2D eigenvalue weighted by Crippen LogP contribution is 2.15. The highest BCUT2D eigenvalue weighted by molar-refractivity contribution is 7.99. The first-order valence-corrected chi connectivity index (χ1v) is 6.32. The summed E-state index contributed by atoms with van der Waals surface area (Å²) in [6.07, 6.45) is 5.52. The Bertz CT molecular complexity index is 473. The number of hydrogen-bond acceptors (Lipinski definition) is 4. The fraction of sp³-hybridized carbons (Fsp3) is 0.154. The molecule has 0 saturated carbocycles. The zero-order valence-corrected chi connectivity index (χ0v) is 10.1. The molecule has 0 aliphatic carbocycles. The number of carbonyl (C=O) groups is 1. The maximum atomic E-state index is 11.8. The van der Waals surface area contributed by atoms with Crippen LogP contribution < -0.4 is 0 Å². The molecule has 0 amide bonds. The zero-order valence-electron chi connectivity index (χ0n) is 9.24. The Kier molecular flexibility index (Phi) is 4.27. The van der Waals surface area contributed by atoms with Crippen molar-refractivity contribution in [2.45, 2.75) is 11.4 Å². The smallest absolute Gasteiger partial charge is 0.163 e. The van der Waals surface area contributed by atoms with E-state index in [0.29, 0.717) is 6.42 Å². The van der Waals surface area contributed by atoms with Crippen molar-refractivity contribution in [2.75, 3.05) is 5.75 Å². The predicted octanol–water partition coefficient (Wildman–Crippen LogP) is 2.84. The van der Waals surface area contributed by atoms with E-state index >= 15 is 0 Å². The number of benzene rings is 1. The van der Waals surface area contributed by atoms with Gasteiger partial charge in [0.1, 0.15) is 5.03 Å². The number of rotatable bonds is 5. The summed E-state index contributed by atoms with van der Waals surface area (Å²) in [6, 6.07) is 9.35. The highest BCUT2D eigenvalue weighted by Gasteiger charge is 2.05. The molecule has 0 aliphatic heterocycles. The van der Waals surface area contributed by atoms with Crippen LogP contribution in [0.1, 0.15) is 16.8 Å². The van der Waals surface area contributed by atoms with E-state index in [4.69, 9.17) is 0 Å². The summed E-state index contributed by atoms with van der Waals surface area (Å²) < 4.78 is 0. The lowest BCUT2D eigenvalue weighted by Crippen LogP contribution is -2.00. The molecule has 4 heteroatoms. The van der Waals surface area contributed by atoms with Crippen LogP contribution in [-0.2, 0) is 0 Å². The fourth-order valence-electron chi connectivity index (χ4n) is 1.38. The molecule has 2 rings (SSSR count). The summed E-state index contributed by atoms with van der Waals surface area (Å²) in [7, 11) is 0. The van der Waals surface area contributed by atoms with Gasteiger partial charge in [-0.3, -0.25) is 9.78 Å². The minimum Gasteiger partial charge on any atom is -0.294 e. The summed E-state index contributed by atoms with van der Waals surface area (Å²) in [5, 5.41) is 0.855. The maximum Gasteiger partial charge on any atom is 0.163 e. The van der Waals surface area contributed by atoms with Crippen molar-refractivity contribution >= 4 is 17.5 Å². The molecule has 0 bridgehead atoms. The minimum absolute atomic E-state index is 0.169. The molecule has 1 heterocycles. The van der Waals surface area contributed by atoms with E-state index in [0.717, 1.165) is 16.3 Å². The maximum absolute atomic E-state index is 11.8. The summed E-state index contributed by atoms with van der Waals surface area (Å²) >= 11 is 1.55. The van der Waals surface area contributed by atoms with Gasteiger partial charge in [0.2, 0.25) is 0 Å². The second kappa shape index (κ2) is 6.15. The molecule has 0 spiro atoms. The zero-order chi connectivity index (χ0) is 11.9. The second-order valence-electron chi connectivity index (χ2n) is 3.43. The van der Waals surface area contributed by atoms with E-state index in [1.54, 1.807) is 30.4 Å². The first-order valence-electron chi connectivity index (χ1n) is 5.33. The third kappa shape index (κ3) is 3.67. The van der Waals surface area contributed by atoms with E-state index < -0.39 is 0 Å². The van der Waals surface area contributed by atoms with Crippen LogP contribution in [0.4, 0.5) is 0 Å². The molecule has 0 unspecified atom stereocenters. The van der Waals surface area contributed by atoms with Crippen LogP contribution in [-0.4, -0.2) is 21.5 Å². The predicted molar refractivity (Wildman–Crippen MR) is 68.1 cm³/mol. The Morgan fingerprint density at radius 1 is 1.18 bits per heavy atom. The Morgan fingerprint density at radius 3 is 2.71 bits per heavy atom. The molecule has 0 aliphatic rings. The van der Waals surface area contributed by atoms with Gasteiger partial charge in [-0.1, -0.05) is 30.3 Å². The highest BCUT2D eigenvalue weighted by atomic mass is 32.2. The van der Waals surface area contributed by atoms with Gasteiger partial charge >= 0.3 is 0 Å². The average Bonchev–Trinajstić information content (AvgIpc) is 2.41. The molecule has 17 heavy (non-hydrogen) atoms. The topological polar surface area (TPSA) is 42.9 Å². The largest absolute Gasteiger partial charge is 0.294 e. The molecule has 2 aromatic rings. The van der Waals surface area contributed by atoms with Crippen molar-refractivity contribution in [1.29, 1.82) is 0 Å². The molecule has 0 fully saturated rings. The molecule has 0 radical (unpaired) electrons. The van der Waals surface area contributed by atoms with Crippen LogP contribution in [0.15, 0.2) is 53.9 Å². The number of carbonyl (C=O) groups excluding carboxylic acids is 1. The molecular weight excluding hydrogens is 232 g/mol. The Morgan fingerprint density at radius 2 is 2.00 bits per heavy atom. The Labute approximate surface area is 104 Å². The van der Waals surface area contributed by atoms with Crippen molar-refractivity contribution in [1.82, 2.24) is 9.97 Å². The summed E-state index contributed by atoms with van der Waals surface area (Å²) in [5.74, 6) is 0.897. The van der Waals surface area contributed by atoms with Crippen LogP contribution >= 0.6 is 11.8 Å². The minimum atomic E-state index is 0.169. The van der Waals surface area contributed by atoms with Gasteiger partial charge in [-0.05, 0) is 0 Å². The lowest BCUT2D eigenvalue weighted by Gasteiger charge is -2.00. The summed E-state index contributed by atoms with van der Waals surface area (Å²) in [5.41, 5.74) is 0.771. The molecular formula is C13H12N2OS. The number of hydrogen-bond donors (Lipinski definition) is 0. The Hall–Kier alpha value is -1.68. The fourth-order valence-corrected chi connectivity index (χ4v) is 2.14. The van der Waals surface area contributed by atoms with Gasteiger partial charge in [-0.25, -0.2) is 4.98 Å². The number of aromatic nitrogens is 2. The first-order chi connectivity index (χ1) is 8.36. The number of ketones is 1. The third-order valence-corrected chi connectivity index (χ3v) is 3.13. The van der Waals surface area contributed by atoms with Crippen LogP contribution in [0.2, 0.25) is 0 Å². The van der Waals surface area contributed by atoms with Gasteiger partial charge < -0.3 is 0 Å². The van der Waals surface area contributed by atoms with Crippen molar-refractivity contribution in [3.05, 3.63) is 54.5 Å². The Balaban J connectivity index is 1.82. The standard InChI is InChI=1S/C13H12N2OS/c16-12(11-4-2-1-3-5-11)6-9-17-13-10-14-7-8-15-13/h1-5,7-8,10H,6,9H2. The van der Waals surface area contributed by atoms with Gasteiger partial charge in [0, 0.05) is 30.1 Å². The van der Waals surface area contributed by atoms with Crippen molar-refractivity contribution < 1.29 is 4.79 Å². The molecule has 0 N–H and O–H groups in total. The molecule has 0 saturated heterocycles. The van der Waals surface area contributed by atoms with Crippen molar-refractivity contribution in [3.63, 3.8) is 0 Å². The normalized spacial score (nSPS) is 10.1. The number of thioether (sulfide) groups is 1. The monoisotopic (exact) mass is 244 g/mol. The number of Topliss-reactive ketones (excluding diaryl/α,β-unsaturated/α-hetero) is 1. The van der Waals surface area contributed by atoms with Crippen LogP contribution in [0.3, 0.4) is 0 Å². The SMILES string of the molecule is O=C(CCSc1cnccn1)c1ccccc1. The van der Waals surface area contributed by atoms with Crippen LogP contribution in [0.25, 0.3) is 0 Å². The third-order valence-electron chi connectivity index (χ3n) is 2.21. The second-order valence-corrected chi connectivity index (χ2v) is 4.55. The van der Waals surface area contributed by atoms with Crippen LogP contribution in [0, 0.1) is 0 Å². The van der Waals surface area contributed by atoms with E-state index in [-0.39, 0.29) is 5.78 Å². The lowest BCUT2D eigenvalue weighted by atomic mass is 10.1. The van der Waals surface area contributed by atoms with E-state index in [9.17, 15) is 4.79 Å². The van der Waals surface area contributed by atoms with Gasteiger partial charge in [-0.15, -0.1) is 11.8 Å². The van der Waals surface area contributed by atoms with E-state index in [1.165, 1.54) is 0 Å². The molecule has 1 aromatic heterocycles.